The molecule has 1 saturated heterocycles. The molecule has 126 valence electrons. The van der Waals surface area contributed by atoms with Crippen molar-refractivity contribution in [3.63, 3.8) is 0 Å². The predicted octanol–water partition coefficient (Wildman–Crippen LogP) is 0.257. The summed E-state index contributed by atoms with van der Waals surface area (Å²) in [7, 11) is 0. The Bertz CT molecular complexity index is 690. The van der Waals surface area contributed by atoms with Gasteiger partial charge in [-0.2, -0.15) is 0 Å². The number of hydrogen-bond donors (Lipinski definition) is 2. The summed E-state index contributed by atoms with van der Waals surface area (Å²) in [5.74, 6) is 0.695. The normalized spacial score (nSPS) is 16.7. The van der Waals surface area contributed by atoms with Crippen LogP contribution in [0.5, 0.6) is 0 Å². The Morgan fingerprint density at radius 2 is 1.88 bits per heavy atom. The Kier molecular flexibility index (Phi) is 5.22. The van der Waals surface area contributed by atoms with Crippen molar-refractivity contribution >= 4 is 29.1 Å². The molecule has 0 bridgehead atoms. The minimum atomic E-state index is -0.167. The van der Waals surface area contributed by atoms with Gasteiger partial charge >= 0.3 is 0 Å². The Morgan fingerprint density at radius 3 is 2.54 bits per heavy atom. The van der Waals surface area contributed by atoms with Gasteiger partial charge in [-0.3, -0.25) is 4.79 Å². The lowest BCUT2D eigenvalue weighted by atomic mass is 10.2. The maximum absolute atomic E-state index is 12.5. The third-order valence-electron chi connectivity index (χ3n) is 4.26. The van der Waals surface area contributed by atoms with Crippen LogP contribution in [0, 0.1) is 0 Å². The Hall–Kier alpha value is -2.25. The van der Waals surface area contributed by atoms with E-state index in [0.717, 1.165) is 32.1 Å². The first kappa shape index (κ1) is 16.6. The fourth-order valence-electron chi connectivity index (χ4n) is 2.79. The number of carbonyl (C=O) groups excluding carboxylic acids is 1. The van der Waals surface area contributed by atoms with E-state index in [0.29, 0.717) is 10.8 Å². The molecule has 1 amide bonds. The van der Waals surface area contributed by atoms with E-state index >= 15 is 0 Å². The molecule has 0 saturated carbocycles. The highest BCUT2D eigenvalue weighted by molar-refractivity contribution is 6.32. The smallest absolute Gasteiger partial charge is 0.282 e. The summed E-state index contributed by atoms with van der Waals surface area (Å²) in [5.41, 5.74) is 0.548. The summed E-state index contributed by atoms with van der Waals surface area (Å²) in [6.07, 6.45) is 5.09. The van der Waals surface area contributed by atoms with Gasteiger partial charge in [-0.25, -0.2) is 15.0 Å². The molecule has 3 heterocycles. The van der Waals surface area contributed by atoms with Gasteiger partial charge in [-0.15, -0.1) is 0 Å². The van der Waals surface area contributed by atoms with Crippen molar-refractivity contribution in [1.29, 1.82) is 0 Å². The number of halogens is 1. The monoisotopic (exact) mass is 347 g/mol. The molecule has 0 aromatic carbocycles. The van der Waals surface area contributed by atoms with E-state index in [4.69, 9.17) is 11.6 Å². The average molecular weight is 348 g/mol. The zero-order valence-corrected chi connectivity index (χ0v) is 14.2. The fraction of sp³-hybridized carbons (Fsp3) is 0.375. The van der Waals surface area contributed by atoms with Crippen molar-refractivity contribution in [2.45, 2.75) is 13.0 Å². The molecule has 2 aromatic rings. The lowest BCUT2D eigenvalue weighted by Crippen LogP contribution is -3.19. The van der Waals surface area contributed by atoms with Gasteiger partial charge in [0, 0.05) is 18.6 Å². The number of nitrogens with zero attached hydrogens (tertiary/aromatic N) is 4. The highest BCUT2D eigenvalue weighted by Crippen LogP contribution is 2.17. The van der Waals surface area contributed by atoms with E-state index in [1.165, 1.54) is 4.90 Å². The van der Waals surface area contributed by atoms with Gasteiger partial charge < -0.3 is 15.1 Å². The first-order chi connectivity index (χ1) is 11.6. The minimum Gasteiger partial charge on any atom is -0.330 e. The van der Waals surface area contributed by atoms with Crippen LogP contribution in [0.4, 0.5) is 11.6 Å². The molecule has 0 spiro atoms. The molecule has 1 aliphatic heterocycles. The predicted molar refractivity (Wildman–Crippen MR) is 92.3 cm³/mol. The van der Waals surface area contributed by atoms with Crippen molar-refractivity contribution in [1.82, 2.24) is 15.0 Å². The number of anilines is 2. The Labute approximate surface area is 145 Å². The molecular formula is C16H20ClN6O+. The molecule has 7 nitrogen and oxygen atoms in total. The summed E-state index contributed by atoms with van der Waals surface area (Å²) in [4.78, 5) is 28.4. The number of amides is 1. The first-order valence-corrected chi connectivity index (χ1v) is 8.31. The van der Waals surface area contributed by atoms with Crippen LogP contribution < -0.4 is 15.1 Å². The molecular weight excluding hydrogens is 328 g/mol. The van der Waals surface area contributed by atoms with Crippen LogP contribution >= 0.6 is 11.6 Å². The second-order valence-electron chi connectivity index (χ2n) is 5.75. The highest BCUT2D eigenvalue weighted by Gasteiger charge is 2.30. The number of carbonyl (C=O) groups is 1. The van der Waals surface area contributed by atoms with Gasteiger partial charge in [0.15, 0.2) is 11.2 Å². The first-order valence-electron chi connectivity index (χ1n) is 7.93. The average Bonchev–Trinajstić information content (AvgIpc) is 2.64. The van der Waals surface area contributed by atoms with Crippen LogP contribution in [0.25, 0.3) is 0 Å². The summed E-state index contributed by atoms with van der Waals surface area (Å²) >= 11 is 5.99. The lowest BCUT2D eigenvalue weighted by Gasteiger charge is -2.34. The molecule has 1 fully saturated rings. The second-order valence-corrected chi connectivity index (χ2v) is 6.10. The molecule has 1 atom stereocenters. The van der Waals surface area contributed by atoms with Crippen LogP contribution in [-0.2, 0) is 4.79 Å². The third-order valence-corrected chi connectivity index (χ3v) is 4.56. The number of pyridine rings is 1. The molecule has 1 aliphatic rings. The molecule has 0 aliphatic carbocycles. The van der Waals surface area contributed by atoms with E-state index in [1.54, 1.807) is 36.8 Å². The topological polar surface area (TPSA) is 75.5 Å². The standard InChI is InChI=1S/C16H19ClN6O/c1-12(15(24)21-13-4-2-5-18-14(13)17)22-8-10-23(11-9-22)16-19-6-3-7-20-16/h2-7,12H,8-11H2,1H3,(H,21,24)/p+1/t12-/m1/s1. The zero-order chi connectivity index (χ0) is 16.9. The van der Waals surface area contributed by atoms with E-state index in [1.807, 2.05) is 6.92 Å². The second kappa shape index (κ2) is 7.55. The zero-order valence-electron chi connectivity index (χ0n) is 13.4. The van der Waals surface area contributed by atoms with E-state index in [-0.39, 0.29) is 11.9 Å². The van der Waals surface area contributed by atoms with Crippen LogP contribution in [-0.4, -0.2) is 53.1 Å². The van der Waals surface area contributed by atoms with Crippen LogP contribution in [0.15, 0.2) is 36.8 Å². The molecule has 2 N–H and O–H groups in total. The molecule has 2 aromatic heterocycles. The summed E-state index contributed by atoms with van der Waals surface area (Å²) < 4.78 is 0. The van der Waals surface area contributed by atoms with Crippen molar-refractivity contribution in [3.05, 3.63) is 41.9 Å². The van der Waals surface area contributed by atoms with Crippen LogP contribution in [0.2, 0.25) is 5.15 Å². The van der Waals surface area contributed by atoms with Gasteiger partial charge in [0.2, 0.25) is 5.95 Å². The van der Waals surface area contributed by atoms with Gasteiger partial charge in [-0.1, -0.05) is 11.6 Å². The largest absolute Gasteiger partial charge is 0.330 e. The van der Waals surface area contributed by atoms with Gasteiger partial charge in [0.25, 0.3) is 5.91 Å². The summed E-state index contributed by atoms with van der Waals surface area (Å²) in [6, 6.07) is 5.14. The van der Waals surface area contributed by atoms with Crippen molar-refractivity contribution < 1.29 is 9.69 Å². The molecule has 0 unspecified atom stereocenters. The Balaban J connectivity index is 1.56. The number of nitrogens with one attached hydrogen (secondary N) is 2. The maximum Gasteiger partial charge on any atom is 0.282 e. The highest BCUT2D eigenvalue weighted by atomic mass is 35.5. The Morgan fingerprint density at radius 1 is 1.21 bits per heavy atom. The van der Waals surface area contributed by atoms with Gasteiger partial charge in [0.1, 0.15) is 0 Å². The lowest BCUT2D eigenvalue weighted by molar-refractivity contribution is -0.914. The van der Waals surface area contributed by atoms with E-state index < -0.39 is 0 Å². The molecule has 3 rings (SSSR count). The SMILES string of the molecule is C[C@H](C(=O)Nc1cccnc1Cl)[NH+]1CCN(c2ncccn2)CC1. The van der Waals surface area contributed by atoms with E-state index in [9.17, 15) is 4.79 Å². The van der Waals surface area contributed by atoms with Gasteiger partial charge in [0.05, 0.1) is 31.9 Å². The van der Waals surface area contributed by atoms with Crippen LogP contribution in [0.1, 0.15) is 6.92 Å². The third kappa shape index (κ3) is 3.80. The van der Waals surface area contributed by atoms with Crippen molar-refractivity contribution in [3.8, 4) is 0 Å². The van der Waals surface area contributed by atoms with Gasteiger partial charge in [-0.05, 0) is 25.1 Å². The van der Waals surface area contributed by atoms with Crippen molar-refractivity contribution in [2.75, 3.05) is 36.4 Å². The number of aromatic nitrogens is 3. The number of quaternary nitrogens is 1. The maximum atomic E-state index is 12.5. The molecule has 24 heavy (non-hydrogen) atoms. The summed E-state index contributed by atoms with van der Waals surface area (Å²) in [6.45, 7) is 5.29. The van der Waals surface area contributed by atoms with Crippen LogP contribution in [0.3, 0.4) is 0 Å². The van der Waals surface area contributed by atoms with E-state index in [2.05, 4.69) is 25.2 Å². The number of piperazine rings is 1. The fourth-order valence-corrected chi connectivity index (χ4v) is 2.95. The molecule has 0 radical (unpaired) electrons. The number of rotatable bonds is 4. The summed E-state index contributed by atoms with van der Waals surface area (Å²) in [5, 5.41) is 3.16. The molecule has 8 heteroatoms. The minimum absolute atomic E-state index is 0.0516. The quantitative estimate of drug-likeness (QED) is 0.776. The number of hydrogen-bond acceptors (Lipinski definition) is 5. The van der Waals surface area contributed by atoms with Crippen molar-refractivity contribution in [2.24, 2.45) is 0 Å².